The van der Waals surface area contributed by atoms with E-state index in [0.717, 1.165) is 51.4 Å². The van der Waals surface area contributed by atoms with Crippen LogP contribution < -0.4 is 0 Å². The van der Waals surface area contributed by atoms with Crippen LogP contribution in [-0.2, 0) is 0 Å². The van der Waals surface area contributed by atoms with E-state index in [-0.39, 0.29) is 0 Å². The summed E-state index contributed by atoms with van der Waals surface area (Å²) in [4.78, 5) is 0. The van der Waals surface area contributed by atoms with Gasteiger partial charge in [0.05, 0.1) is 17.1 Å². The number of hydrogen-bond donors (Lipinski definition) is 1. The largest absolute Gasteiger partial charge is 0.388 e. The van der Waals surface area contributed by atoms with E-state index in [9.17, 15) is 10.4 Å². The minimum absolute atomic E-state index is 0.346. The van der Waals surface area contributed by atoms with E-state index >= 15 is 0 Å². The molecule has 0 saturated heterocycles. The average molecular weight is 249 g/mol. The van der Waals surface area contributed by atoms with Crippen molar-refractivity contribution in [3.8, 4) is 6.07 Å². The molecular formula is C16H27NO. The van der Waals surface area contributed by atoms with Gasteiger partial charge < -0.3 is 5.11 Å². The van der Waals surface area contributed by atoms with Crippen molar-refractivity contribution in [2.24, 2.45) is 16.7 Å². The van der Waals surface area contributed by atoms with Gasteiger partial charge in [0, 0.05) is 0 Å². The summed E-state index contributed by atoms with van der Waals surface area (Å²) in [5.74, 6) is 0.709. The summed E-state index contributed by atoms with van der Waals surface area (Å²) in [6, 6.07) is 2.53. The maximum Gasteiger partial charge on any atom is 0.0860 e. The predicted molar refractivity (Wildman–Crippen MR) is 72.9 cm³/mol. The van der Waals surface area contributed by atoms with Gasteiger partial charge in [0.1, 0.15) is 0 Å². The molecule has 18 heavy (non-hydrogen) atoms. The first-order chi connectivity index (χ1) is 8.33. The first-order valence-corrected chi connectivity index (χ1v) is 7.46. The summed E-state index contributed by atoms with van der Waals surface area (Å²) >= 11 is 0. The monoisotopic (exact) mass is 249 g/mol. The van der Waals surface area contributed by atoms with Gasteiger partial charge in [-0.2, -0.15) is 5.26 Å². The van der Waals surface area contributed by atoms with E-state index in [2.05, 4.69) is 26.8 Å². The van der Waals surface area contributed by atoms with Crippen LogP contribution in [0.25, 0.3) is 0 Å². The highest BCUT2D eigenvalue weighted by Crippen LogP contribution is 2.54. The van der Waals surface area contributed by atoms with Crippen LogP contribution in [0.1, 0.15) is 72.1 Å². The molecule has 2 aliphatic rings. The van der Waals surface area contributed by atoms with Gasteiger partial charge in [0.25, 0.3) is 0 Å². The van der Waals surface area contributed by atoms with Crippen molar-refractivity contribution < 1.29 is 5.11 Å². The lowest BCUT2D eigenvalue weighted by molar-refractivity contribution is -0.113. The maximum atomic E-state index is 11.0. The zero-order valence-corrected chi connectivity index (χ0v) is 12.1. The van der Waals surface area contributed by atoms with Crippen LogP contribution in [0.4, 0.5) is 0 Å². The van der Waals surface area contributed by atoms with Gasteiger partial charge >= 0.3 is 0 Å². The van der Waals surface area contributed by atoms with Crippen molar-refractivity contribution >= 4 is 0 Å². The number of nitriles is 1. The lowest BCUT2D eigenvalue weighted by Gasteiger charge is -2.50. The van der Waals surface area contributed by atoms with Gasteiger partial charge in [-0.25, -0.2) is 0 Å². The zero-order chi connectivity index (χ0) is 13.4. The molecule has 2 rings (SSSR count). The van der Waals surface area contributed by atoms with E-state index in [1.165, 1.54) is 0 Å². The third-order valence-corrected chi connectivity index (χ3v) is 5.66. The summed E-state index contributed by atoms with van der Waals surface area (Å²) in [7, 11) is 0. The molecule has 0 radical (unpaired) electrons. The molecule has 2 aliphatic carbocycles. The third kappa shape index (κ3) is 2.30. The van der Waals surface area contributed by atoms with Gasteiger partial charge in [0.2, 0.25) is 0 Å². The van der Waals surface area contributed by atoms with Gasteiger partial charge in [-0.05, 0) is 62.7 Å². The second-order valence-corrected chi connectivity index (χ2v) is 7.57. The molecule has 2 saturated carbocycles. The van der Waals surface area contributed by atoms with Crippen LogP contribution in [0.3, 0.4) is 0 Å². The fraction of sp³-hybridized carbons (Fsp3) is 0.938. The van der Waals surface area contributed by atoms with Gasteiger partial charge in [0.15, 0.2) is 0 Å². The first-order valence-electron chi connectivity index (χ1n) is 7.46. The lowest BCUT2D eigenvalue weighted by Crippen LogP contribution is -2.52. The Kier molecular flexibility index (Phi) is 3.49. The van der Waals surface area contributed by atoms with Crippen LogP contribution >= 0.6 is 0 Å². The lowest BCUT2D eigenvalue weighted by atomic mass is 9.55. The number of aliphatic hydroxyl groups is 1. The minimum Gasteiger partial charge on any atom is -0.388 e. The summed E-state index contributed by atoms with van der Waals surface area (Å²) in [6.07, 6.45) is 7.68. The van der Waals surface area contributed by atoms with Crippen molar-refractivity contribution in [1.29, 1.82) is 5.26 Å². The Morgan fingerprint density at radius 2 is 1.50 bits per heavy atom. The van der Waals surface area contributed by atoms with Gasteiger partial charge in [-0.3, -0.25) is 0 Å². The number of rotatable bonds is 1. The van der Waals surface area contributed by atoms with E-state index in [1.807, 2.05) is 0 Å². The molecule has 0 spiro atoms. The van der Waals surface area contributed by atoms with Crippen LogP contribution in [0, 0.1) is 28.1 Å². The Morgan fingerprint density at radius 3 is 1.94 bits per heavy atom. The van der Waals surface area contributed by atoms with E-state index in [4.69, 9.17) is 0 Å². The highest BCUT2D eigenvalue weighted by molar-refractivity contribution is 5.14. The fourth-order valence-electron chi connectivity index (χ4n) is 3.75. The van der Waals surface area contributed by atoms with Crippen LogP contribution in [-0.4, -0.2) is 10.7 Å². The molecule has 0 heterocycles. The summed E-state index contributed by atoms with van der Waals surface area (Å²) in [5, 5.41) is 20.7. The minimum atomic E-state index is -0.717. The summed E-state index contributed by atoms with van der Waals surface area (Å²) in [5.41, 5.74) is -0.841. The molecule has 1 N–H and O–H groups in total. The molecule has 0 amide bonds. The van der Waals surface area contributed by atoms with Crippen LogP contribution in [0.5, 0.6) is 0 Å². The molecule has 0 atom stereocenters. The van der Waals surface area contributed by atoms with E-state index in [0.29, 0.717) is 11.3 Å². The van der Waals surface area contributed by atoms with Crippen molar-refractivity contribution in [1.82, 2.24) is 0 Å². The maximum absolute atomic E-state index is 11.0. The van der Waals surface area contributed by atoms with Crippen LogP contribution in [0.2, 0.25) is 0 Å². The number of hydrogen-bond acceptors (Lipinski definition) is 2. The normalized spacial score (nSPS) is 38.9. The van der Waals surface area contributed by atoms with Gasteiger partial charge in [-0.15, -0.1) is 0 Å². The van der Waals surface area contributed by atoms with E-state index in [1.54, 1.807) is 0 Å². The molecule has 2 fully saturated rings. The van der Waals surface area contributed by atoms with Crippen molar-refractivity contribution in [2.45, 2.75) is 77.7 Å². The Morgan fingerprint density at radius 1 is 1.00 bits per heavy atom. The topological polar surface area (TPSA) is 44.0 Å². The van der Waals surface area contributed by atoms with Crippen molar-refractivity contribution in [3.05, 3.63) is 0 Å². The molecule has 0 unspecified atom stereocenters. The van der Waals surface area contributed by atoms with Crippen molar-refractivity contribution in [2.75, 3.05) is 0 Å². The SMILES string of the molecule is CC1CCC(O)(C2(C#N)CCC(C)(C)CC2)CC1. The fourth-order valence-corrected chi connectivity index (χ4v) is 3.75. The molecule has 0 aromatic carbocycles. The second kappa shape index (κ2) is 4.53. The highest BCUT2D eigenvalue weighted by atomic mass is 16.3. The second-order valence-electron chi connectivity index (χ2n) is 7.57. The molecule has 0 aliphatic heterocycles. The van der Waals surface area contributed by atoms with Crippen LogP contribution in [0.15, 0.2) is 0 Å². The van der Waals surface area contributed by atoms with E-state index < -0.39 is 11.0 Å². The molecule has 0 aromatic heterocycles. The molecule has 2 nitrogen and oxygen atoms in total. The quantitative estimate of drug-likeness (QED) is 0.762. The zero-order valence-electron chi connectivity index (χ0n) is 12.1. The summed E-state index contributed by atoms with van der Waals surface area (Å²) in [6.45, 7) is 6.81. The Balaban J connectivity index is 2.16. The first kappa shape index (κ1) is 13.9. The predicted octanol–water partition coefficient (Wildman–Crippen LogP) is 4.04. The smallest absolute Gasteiger partial charge is 0.0860 e. The Hall–Kier alpha value is -0.550. The highest BCUT2D eigenvalue weighted by Gasteiger charge is 2.53. The number of nitrogens with zero attached hydrogens (tertiary/aromatic N) is 1. The van der Waals surface area contributed by atoms with Crippen molar-refractivity contribution in [3.63, 3.8) is 0 Å². The summed E-state index contributed by atoms with van der Waals surface area (Å²) < 4.78 is 0. The van der Waals surface area contributed by atoms with Gasteiger partial charge in [-0.1, -0.05) is 20.8 Å². The third-order valence-electron chi connectivity index (χ3n) is 5.66. The Bertz CT molecular complexity index is 335. The Labute approximate surface area is 111 Å². The average Bonchev–Trinajstić information content (AvgIpc) is 2.34. The molecule has 0 aromatic rings. The standard InChI is InChI=1S/C16H27NO/c1-13-4-6-16(18,7-5-13)15(12-17)10-8-14(2,3)9-11-15/h13,18H,4-11H2,1-3H3. The molecule has 102 valence electrons. The molecule has 0 bridgehead atoms. The molecular weight excluding hydrogens is 222 g/mol. The molecule has 2 heteroatoms.